The summed E-state index contributed by atoms with van der Waals surface area (Å²) < 4.78 is 0. The van der Waals surface area contributed by atoms with Gasteiger partial charge in [-0.1, -0.05) is 17.7 Å². The molecule has 96 valence electrons. The molecule has 19 heavy (non-hydrogen) atoms. The largest absolute Gasteiger partial charge is 0.321 e. The number of benzene rings is 1. The summed E-state index contributed by atoms with van der Waals surface area (Å²) in [6, 6.07) is 5.45. The first kappa shape index (κ1) is 13.2. The molecule has 0 aliphatic rings. The number of nitrogens with zero attached hydrogens (tertiary/aromatic N) is 2. The highest BCUT2D eigenvalue weighted by Crippen LogP contribution is 2.22. The summed E-state index contributed by atoms with van der Waals surface area (Å²) in [6.07, 6.45) is 7.69. The molecule has 0 atom stereocenters. The van der Waals surface area contributed by atoms with Crippen LogP contribution in [0.2, 0.25) is 5.02 Å². The second-order valence-corrected chi connectivity index (χ2v) is 4.34. The molecule has 0 saturated carbocycles. The Bertz CT molecular complexity index is 611. The number of nitrogens with one attached hydrogen (secondary N) is 1. The van der Waals surface area contributed by atoms with Gasteiger partial charge >= 0.3 is 0 Å². The molecular weight excluding hydrogens is 262 g/mol. The third-order valence-electron chi connectivity index (χ3n) is 2.37. The molecule has 0 fully saturated rings. The molecule has 0 spiro atoms. The molecule has 2 rings (SSSR count). The smallest absolute Gasteiger partial charge is 0.248 e. The van der Waals surface area contributed by atoms with Crippen molar-refractivity contribution in [3.8, 4) is 0 Å². The van der Waals surface area contributed by atoms with Crippen molar-refractivity contribution < 1.29 is 4.79 Å². The average molecular weight is 274 g/mol. The summed E-state index contributed by atoms with van der Waals surface area (Å²) in [6.45, 7) is 1.94. The van der Waals surface area contributed by atoms with Crippen molar-refractivity contribution in [1.82, 2.24) is 9.97 Å². The van der Waals surface area contributed by atoms with Crippen molar-refractivity contribution in [2.45, 2.75) is 6.92 Å². The van der Waals surface area contributed by atoms with E-state index in [9.17, 15) is 4.79 Å². The van der Waals surface area contributed by atoms with E-state index in [2.05, 4.69) is 15.3 Å². The summed E-state index contributed by atoms with van der Waals surface area (Å²) in [5, 5.41) is 3.22. The number of aryl methyl sites for hydroxylation is 1. The minimum Gasteiger partial charge on any atom is -0.321 e. The van der Waals surface area contributed by atoms with Crippen molar-refractivity contribution in [3.05, 3.63) is 59.1 Å². The lowest BCUT2D eigenvalue weighted by atomic mass is 10.2. The number of carbonyl (C=O) groups excluding carboxylic acids is 1. The van der Waals surface area contributed by atoms with Crippen molar-refractivity contribution in [1.29, 1.82) is 0 Å². The van der Waals surface area contributed by atoms with Crippen molar-refractivity contribution in [2.75, 3.05) is 5.32 Å². The zero-order valence-corrected chi connectivity index (χ0v) is 11.1. The van der Waals surface area contributed by atoms with Gasteiger partial charge in [-0.25, -0.2) is 0 Å². The Morgan fingerprint density at radius 3 is 2.89 bits per heavy atom. The lowest BCUT2D eigenvalue weighted by molar-refractivity contribution is -0.111. The molecule has 2 aromatic rings. The lowest BCUT2D eigenvalue weighted by Crippen LogP contribution is -2.08. The maximum Gasteiger partial charge on any atom is 0.248 e. The number of hydrogen-bond acceptors (Lipinski definition) is 3. The Morgan fingerprint density at radius 1 is 1.37 bits per heavy atom. The van der Waals surface area contributed by atoms with Gasteiger partial charge in [-0.3, -0.25) is 14.8 Å². The van der Waals surface area contributed by atoms with Crippen molar-refractivity contribution in [2.24, 2.45) is 0 Å². The molecule has 1 aromatic heterocycles. The molecule has 0 aliphatic heterocycles. The number of carbonyl (C=O) groups is 1. The van der Waals surface area contributed by atoms with Crippen LogP contribution in [0.1, 0.15) is 11.3 Å². The van der Waals surface area contributed by atoms with E-state index in [4.69, 9.17) is 11.6 Å². The summed E-state index contributed by atoms with van der Waals surface area (Å²) in [5.41, 5.74) is 2.24. The van der Waals surface area contributed by atoms with E-state index in [0.717, 1.165) is 5.56 Å². The van der Waals surface area contributed by atoms with Gasteiger partial charge in [0.1, 0.15) is 0 Å². The van der Waals surface area contributed by atoms with E-state index in [-0.39, 0.29) is 5.91 Å². The van der Waals surface area contributed by atoms with E-state index < -0.39 is 0 Å². The van der Waals surface area contributed by atoms with Crippen molar-refractivity contribution in [3.63, 3.8) is 0 Å². The van der Waals surface area contributed by atoms with Gasteiger partial charge in [0.05, 0.1) is 22.6 Å². The van der Waals surface area contributed by atoms with E-state index in [1.165, 1.54) is 6.08 Å². The molecule has 0 radical (unpaired) electrons. The Labute approximate surface area is 116 Å². The SMILES string of the molecule is Cc1ccc(NC(=O)C=Cc2cnccn2)c(Cl)c1. The molecule has 1 amide bonds. The van der Waals surface area contributed by atoms with Crippen LogP contribution in [0.3, 0.4) is 0 Å². The number of hydrogen-bond donors (Lipinski definition) is 1. The van der Waals surface area contributed by atoms with Gasteiger partial charge in [0.2, 0.25) is 5.91 Å². The lowest BCUT2D eigenvalue weighted by Gasteiger charge is -2.05. The first-order chi connectivity index (χ1) is 9.15. The third kappa shape index (κ3) is 3.89. The minimum absolute atomic E-state index is 0.267. The fourth-order valence-electron chi connectivity index (χ4n) is 1.45. The Balaban J connectivity index is 2.04. The molecule has 0 unspecified atom stereocenters. The summed E-state index contributed by atoms with van der Waals surface area (Å²) >= 11 is 6.03. The van der Waals surface area contributed by atoms with Crippen LogP contribution in [0.25, 0.3) is 6.08 Å². The van der Waals surface area contributed by atoms with Gasteiger partial charge in [0.15, 0.2) is 0 Å². The van der Waals surface area contributed by atoms with Gasteiger partial charge in [-0.05, 0) is 30.7 Å². The Kier molecular flexibility index (Phi) is 4.26. The first-order valence-corrected chi connectivity index (χ1v) is 6.04. The van der Waals surface area contributed by atoms with E-state index in [1.807, 2.05) is 13.0 Å². The van der Waals surface area contributed by atoms with Gasteiger partial charge in [-0.15, -0.1) is 0 Å². The van der Waals surface area contributed by atoms with Gasteiger partial charge < -0.3 is 5.32 Å². The molecule has 1 aromatic carbocycles. The third-order valence-corrected chi connectivity index (χ3v) is 2.68. The molecule has 1 heterocycles. The molecule has 0 saturated heterocycles. The van der Waals surface area contributed by atoms with Crippen LogP contribution in [0.15, 0.2) is 42.9 Å². The summed E-state index contributed by atoms with van der Waals surface area (Å²) in [7, 11) is 0. The average Bonchev–Trinajstić information content (AvgIpc) is 2.41. The van der Waals surface area contributed by atoms with Crippen LogP contribution in [-0.2, 0) is 4.79 Å². The molecule has 4 nitrogen and oxygen atoms in total. The molecule has 0 aliphatic carbocycles. The molecule has 1 N–H and O–H groups in total. The van der Waals surface area contributed by atoms with Crippen LogP contribution >= 0.6 is 11.6 Å². The zero-order valence-electron chi connectivity index (χ0n) is 10.3. The standard InChI is InChI=1S/C14H12ClN3O/c1-10-2-4-13(12(15)8-10)18-14(19)5-3-11-9-16-6-7-17-11/h2-9H,1H3,(H,18,19). The van der Waals surface area contributed by atoms with Gasteiger partial charge in [0.25, 0.3) is 0 Å². The predicted octanol–water partition coefficient (Wildman–Crippen LogP) is 3.09. The van der Waals surface area contributed by atoms with Crippen LogP contribution in [0, 0.1) is 6.92 Å². The second-order valence-electron chi connectivity index (χ2n) is 3.94. The number of halogens is 1. The topological polar surface area (TPSA) is 54.9 Å². The first-order valence-electron chi connectivity index (χ1n) is 5.66. The maximum atomic E-state index is 11.7. The monoisotopic (exact) mass is 273 g/mol. The molecule has 0 bridgehead atoms. The summed E-state index contributed by atoms with van der Waals surface area (Å²) in [4.78, 5) is 19.7. The normalized spacial score (nSPS) is 10.6. The number of rotatable bonds is 3. The fourth-order valence-corrected chi connectivity index (χ4v) is 1.74. The highest BCUT2D eigenvalue weighted by molar-refractivity contribution is 6.33. The van der Waals surface area contributed by atoms with Crippen LogP contribution in [0.4, 0.5) is 5.69 Å². The second kappa shape index (κ2) is 6.11. The van der Waals surface area contributed by atoms with E-state index in [1.54, 1.807) is 36.8 Å². The maximum absolute atomic E-state index is 11.7. The zero-order chi connectivity index (χ0) is 13.7. The summed E-state index contributed by atoms with van der Waals surface area (Å²) in [5.74, 6) is -0.267. The van der Waals surface area contributed by atoms with E-state index in [0.29, 0.717) is 16.4 Å². The van der Waals surface area contributed by atoms with Crippen LogP contribution in [-0.4, -0.2) is 15.9 Å². The quantitative estimate of drug-likeness (QED) is 0.875. The predicted molar refractivity (Wildman–Crippen MR) is 75.9 cm³/mol. The van der Waals surface area contributed by atoms with Crippen LogP contribution in [0.5, 0.6) is 0 Å². The fraction of sp³-hybridized carbons (Fsp3) is 0.0714. The van der Waals surface area contributed by atoms with Gasteiger partial charge in [-0.2, -0.15) is 0 Å². The Morgan fingerprint density at radius 2 is 2.21 bits per heavy atom. The molecule has 5 heteroatoms. The molecular formula is C14H12ClN3O. The van der Waals surface area contributed by atoms with Crippen LogP contribution < -0.4 is 5.32 Å². The van der Waals surface area contributed by atoms with Gasteiger partial charge in [0, 0.05) is 18.5 Å². The number of amides is 1. The highest BCUT2D eigenvalue weighted by atomic mass is 35.5. The Hall–Kier alpha value is -2.20. The van der Waals surface area contributed by atoms with E-state index >= 15 is 0 Å². The highest BCUT2D eigenvalue weighted by Gasteiger charge is 2.03. The van der Waals surface area contributed by atoms with Crippen molar-refractivity contribution >= 4 is 29.3 Å². The number of aromatic nitrogens is 2. The minimum atomic E-state index is -0.267. The number of anilines is 1.